The van der Waals surface area contributed by atoms with E-state index in [1.807, 2.05) is 0 Å². The van der Waals surface area contributed by atoms with Crippen molar-refractivity contribution < 1.29 is 0 Å². The van der Waals surface area contributed by atoms with Crippen LogP contribution in [0.15, 0.2) is 364 Å². The average Bonchev–Trinajstić information content (AvgIpc) is 1.56. The third-order valence-corrected chi connectivity index (χ3v) is 29.1. The minimum Gasteiger partial charge on any atom is -0.0619 e. The van der Waals surface area contributed by atoms with Gasteiger partial charge in [0.25, 0.3) is 0 Å². The van der Waals surface area contributed by atoms with Crippen LogP contribution in [0.5, 0.6) is 0 Å². The summed E-state index contributed by atoms with van der Waals surface area (Å²) in [6.45, 7) is 36.1. The lowest BCUT2D eigenvalue weighted by molar-refractivity contribution is 0.660. The quantitative estimate of drug-likeness (QED) is 0.154. The van der Waals surface area contributed by atoms with Crippen molar-refractivity contribution in [2.45, 2.75) is 132 Å². The van der Waals surface area contributed by atoms with Crippen molar-refractivity contribution >= 4 is 108 Å². The molecule has 4 aliphatic rings. The minimum absolute atomic E-state index is 0.0485. The van der Waals surface area contributed by atoms with E-state index < -0.39 is 0 Å². The van der Waals surface area contributed by atoms with Gasteiger partial charge in [0.2, 0.25) is 0 Å². The van der Waals surface area contributed by atoms with Crippen LogP contribution in [0.3, 0.4) is 0 Å². The van der Waals surface area contributed by atoms with Crippen molar-refractivity contribution in [3.63, 3.8) is 0 Å². The molecule has 0 heterocycles. The lowest BCUT2D eigenvalue weighted by atomic mass is 9.80. The molecule has 0 saturated carbocycles. The summed E-state index contributed by atoms with van der Waals surface area (Å²) in [5.74, 6) is 0. The number of rotatable bonds is 4. The van der Waals surface area contributed by atoms with Gasteiger partial charge < -0.3 is 0 Å². The smallest absolute Gasteiger partial charge is 0.0159 e. The highest BCUT2D eigenvalue weighted by Crippen LogP contribution is 2.55. The van der Waals surface area contributed by atoms with Crippen LogP contribution in [0, 0.1) is 55.4 Å². The van der Waals surface area contributed by atoms with Crippen LogP contribution >= 0.6 is 0 Å². The van der Waals surface area contributed by atoms with Crippen LogP contribution in [0.2, 0.25) is 0 Å². The molecule has 128 heavy (non-hydrogen) atoms. The van der Waals surface area contributed by atoms with Gasteiger partial charge in [0.05, 0.1) is 0 Å². The molecule has 0 aromatic heterocycles. The monoisotopic (exact) mass is 1640 g/mol. The third kappa shape index (κ3) is 13.6. The Morgan fingerprint density at radius 3 is 0.789 bits per heavy atom. The lowest BCUT2D eigenvalue weighted by Gasteiger charge is -2.23. The third-order valence-electron chi connectivity index (χ3n) is 29.1. The molecule has 0 spiro atoms. The molecule has 620 valence electrons. The van der Waals surface area contributed by atoms with Gasteiger partial charge in [-0.05, 0) is 293 Å². The summed E-state index contributed by atoms with van der Waals surface area (Å²) in [5.41, 5.74) is 38.7. The number of benzene rings is 22. The van der Waals surface area contributed by atoms with E-state index in [9.17, 15) is 0 Å². The van der Waals surface area contributed by atoms with Crippen molar-refractivity contribution in [3.8, 4) is 66.8 Å². The van der Waals surface area contributed by atoms with E-state index in [0.29, 0.717) is 0 Å². The van der Waals surface area contributed by atoms with Gasteiger partial charge >= 0.3 is 0 Å². The Morgan fingerprint density at radius 1 is 0.133 bits per heavy atom. The first-order valence-corrected chi connectivity index (χ1v) is 45.8. The van der Waals surface area contributed by atoms with Crippen LogP contribution in [-0.4, -0.2) is 0 Å². The van der Waals surface area contributed by atoms with E-state index in [0.717, 1.165) is 0 Å². The van der Waals surface area contributed by atoms with Crippen molar-refractivity contribution in [2.24, 2.45) is 0 Å². The van der Waals surface area contributed by atoms with Crippen molar-refractivity contribution in [1.82, 2.24) is 0 Å². The molecule has 0 saturated heterocycles. The van der Waals surface area contributed by atoms with E-state index in [4.69, 9.17) is 0 Å². The zero-order valence-corrected chi connectivity index (χ0v) is 76.6. The molecule has 0 aliphatic heterocycles. The molecule has 26 rings (SSSR count). The number of hydrogen-bond acceptors (Lipinski definition) is 0. The highest BCUT2D eigenvalue weighted by Gasteiger charge is 2.39. The van der Waals surface area contributed by atoms with E-state index in [2.05, 4.69) is 475 Å². The molecule has 0 radical (unpaired) electrons. The van der Waals surface area contributed by atoms with Gasteiger partial charge in [0.15, 0.2) is 0 Å². The second kappa shape index (κ2) is 30.9. The second-order valence-corrected chi connectivity index (χ2v) is 39.3. The van der Waals surface area contributed by atoms with Crippen molar-refractivity contribution in [1.29, 1.82) is 0 Å². The first-order valence-electron chi connectivity index (χ1n) is 45.8. The van der Waals surface area contributed by atoms with Crippen LogP contribution in [-0.2, 0) is 21.7 Å². The zero-order valence-electron chi connectivity index (χ0n) is 76.6. The van der Waals surface area contributed by atoms with Crippen LogP contribution in [0.1, 0.15) is 144 Å². The summed E-state index contributed by atoms with van der Waals surface area (Å²) in [7, 11) is 0. The van der Waals surface area contributed by atoms with Gasteiger partial charge in [-0.1, -0.05) is 446 Å². The SMILES string of the molecule is Cc1cc2c3c(ccc4cc(C)cc(c43)C2(C)C)c1.Cc1ccc(-c2cc3c4c(ccc5cc(C)cc(c54)C3(C)C)c2)cc1.Cc1ccc(-c2ccc3c(c2)C(C)(C)c2ccccc2-3)cc1.Cc1ccc(-c2ccc3ccc4cccc5ccc2c3c45)cc1.Cc1ccc(-c2ccc3ccc4cccc5ccc2c3c45)cc1.Cc1ccc2c(c1)C(C)(C)c1ccccc1-2. The molecule has 0 bridgehead atoms. The summed E-state index contributed by atoms with van der Waals surface area (Å²) in [6.07, 6.45) is 0. The van der Waals surface area contributed by atoms with Gasteiger partial charge in [-0.25, -0.2) is 0 Å². The van der Waals surface area contributed by atoms with Crippen molar-refractivity contribution in [3.05, 3.63) is 453 Å². The highest BCUT2D eigenvalue weighted by atomic mass is 14.4. The summed E-state index contributed by atoms with van der Waals surface area (Å²) < 4.78 is 0. The summed E-state index contributed by atoms with van der Waals surface area (Å²) in [5, 5.41) is 27.5. The van der Waals surface area contributed by atoms with Gasteiger partial charge in [-0.2, -0.15) is 0 Å². The number of aryl methyl sites for hydroxylation is 8. The second-order valence-electron chi connectivity index (χ2n) is 39.3. The lowest BCUT2D eigenvalue weighted by Crippen LogP contribution is -2.15. The standard InChI is InChI=1S/C25H22.2C23H16.C22H20.C19H18.C16H16/c1-15-5-7-17(8-6-15)20-13-19-10-9-18-11-16(2)12-21-23(18)24(19)22(14-20)25(21,3)4;2*1-15-5-7-16(8-6-15)20-13-11-19-10-9-17-3-2-4-18-12-14-21(20)23(19)22(17)18;1-15-8-10-16(11-9-15)17-12-13-19-18-6-4-5-7-20(18)22(2,3)21(19)14-17;1-11-7-13-5-6-14-8-12(2)10-16-18(14)17(13)15(9-11)19(16,3)4;1-11-8-9-13-12-6-4-5-7-14(12)16(2,3)15(13)10-11/h5-14H,1-4H3;2*2-14H,1H3;4-14H,1-3H3;5-10H,1-4H3;4-10H,1-3H3. The molecule has 0 N–H and O–H groups in total. The zero-order chi connectivity index (χ0) is 88.1. The molecule has 0 fully saturated rings. The first-order chi connectivity index (χ1) is 61.7. The van der Waals surface area contributed by atoms with E-state index in [1.165, 1.54) is 264 Å². The number of fused-ring (bicyclic) bond motifs is 6. The van der Waals surface area contributed by atoms with Crippen molar-refractivity contribution in [2.75, 3.05) is 0 Å². The van der Waals surface area contributed by atoms with Gasteiger partial charge in [-0.3, -0.25) is 0 Å². The van der Waals surface area contributed by atoms with Crippen LogP contribution in [0.25, 0.3) is 174 Å². The summed E-state index contributed by atoms with van der Waals surface area (Å²) in [4.78, 5) is 0. The molecular weight excluding hydrogens is 1540 g/mol. The maximum absolute atomic E-state index is 2.42. The molecule has 4 aliphatic carbocycles. The maximum Gasteiger partial charge on any atom is 0.0159 e. The predicted octanol–water partition coefficient (Wildman–Crippen LogP) is 35.6. The topological polar surface area (TPSA) is 0 Å². The van der Waals surface area contributed by atoms with Crippen LogP contribution < -0.4 is 0 Å². The Bertz CT molecular complexity index is 7910. The normalized spacial score (nSPS) is 13.9. The van der Waals surface area contributed by atoms with E-state index in [-0.39, 0.29) is 21.7 Å². The molecule has 22 aromatic rings. The molecule has 0 heteroatoms. The molecule has 0 atom stereocenters. The Morgan fingerprint density at radius 2 is 0.391 bits per heavy atom. The molecule has 22 aromatic carbocycles. The predicted molar refractivity (Wildman–Crippen MR) is 555 cm³/mol. The fourth-order valence-electron chi connectivity index (χ4n) is 22.2. The number of hydrogen-bond donors (Lipinski definition) is 0. The van der Waals surface area contributed by atoms with Gasteiger partial charge in [0, 0.05) is 21.7 Å². The largest absolute Gasteiger partial charge is 0.0619 e. The summed E-state index contributed by atoms with van der Waals surface area (Å²) >= 11 is 0. The molecule has 0 unspecified atom stereocenters. The van der Waals surface area contributed by atoms with E-state index in [1.54, 1.807) is 0 Å². The first kappa shape index (κ1) is 81.0. The fraction of sp³-hybridized carbons (Fsp3) is 0.156. The maximum atomic E-state index is 2.42. The Hall–Kier alpha value is -14.0. The average molecular weight is 1650 g/mol. The molecule has 0 amide bonds. The van der Waals surface area contributed by atoms with Crippen LogP contribution in [0.4, 0.5) is 0 Å². The minimum atomic E-state index is 0.0485. The van der Waals surface area contributed by atoms with Gasteiger partial charge in [0.1, 0.15) is 0 Å². The Balaban J connectivity index is 0.0000000938. The summed E-state index contributed by atoms with van der Waals surface area (Å²) in [6, 6.07) is 135. The molecular formula is C128H108. The fourth-order valence-corrected chi connectivity index (χ4v) is 22.2. The Kier molecular flexibility index (Phi) is 19.6. The van der Waals surface area contributed by atoms with E-state index >= 15 is 0 Å². The van der Waals surface area contributed by atoms with Gasteiger partial charge in [-0.15, -0.1) is 0 Å². The highest BCUT2D eigenvalue weighted by molar-refractivity contribution is 6.27. The molecule has 0 nitrogen and oxygen atoms in total. The Labute approximate surface area is 754 Å².